The molecule has 5 heteroatoms. The minimum atomic E-state index is -0.375. The van der Waals surface area contributed by atoms with E-state index in [1.165, 1.54) is 16.7 Å². The Balaban J connectivity index is 1.32. The van der Waals surface area contributed by atoms with E-state index in [2.05, 4.69) is 89.9 Å². The molecule has 2 heterocycles. The van der Waals surface area contributed by atoms with Gasteiger partial charge < -0.3 is 9.47 Å². The van der Waals surface area contributed by atoms with Crippen LogP contribution in [0.3, 0.4) is 0 Å². The summed E-state index contributed by atoms with van der Waals surface area (Å²) in [6, 6.07) is 27.9. The highest BCUT2D eigenvalue weighted by molar-refractivity contribution is 5.87. The van der Waals surface area contributed by atoms with Crippen LogP contribution in [0.2, 0.25) is 0 Å². The summed E-state index contributed by atoms with van der Waals surface area (Å²) >= 11 is 0. The summed E-state index contributed by atoms with van der Waals surface area (Å²) in [5.74, 6) is 0. The first-order valence-corrected chi connectivity index (χ1v) is 13.1. The second kappa shape index (κ2) is 11.3. The van der Waals surface area contributed by atoms with Gasteiger partial charge in [0.1, 0.15) is 6.61 Å². The number of cyclic esters (lactones) is 1. The summed E-state index contributed by atoms with van der Waals surface area (Å²) in [6.45, 7) is 6.14. The van der Waals surface area contributed by atoms with Crippen LogP contribution >= 0.6 is 0 Å². The molecule has 5 nitrogen and oxygen atoms in total. The van der Waals surface area contributed by atoms with Crippen LogP contribution in [0.4, 0.5) is 10.5 Å². The first-order valence-electron chi connectivity index (χ1n) is 13.1. The van der Waals surface area contributed by atoms with E-state index < -0.39 is 0 Å². The van der Waals surface area contributed by atoms with Gasteiger partial charge in [-0.05, 0) is 74.5 Å². The molecule has 3 aromatic carbocycles. The number of likely N-dealkylation sites (tertiary alicyclic amines) is 1. The molecule has 1 fully saturated rings. The number of carbonyl (C=O) groups is 1. The highest BCUT2D eigenvalue weighted by atomic mass is 16.5. The van der Waals surface area contributed by atoms with E-state index in [1.54, 1.807) is 0 Å². The van der Waals surface area contributed by atoms with Crippen LogP contribution < -0.4 is 5.32 Å². The van der Waals surface area contributed by atoms with Crippen LogP contribution in [0.25, 0.3) is 0 Å². The van der Waals surface area contributed by atoms with Crippen molar-refractivity contribution in [2.75, 3.05) is 25.0 Å². The van der Waals surface area contributed by atoms with Crippen LogP contribution in [0, 0.1) is 5.41 Å². The predicted octanol–water partition coefficient (Wildman–Crippen LogP) is 6.74. The van der Waals surface area contributed by atoms with Gasteiger partial charge in [0.15, 0.2) is 0 Å². The maximum atomic E-state index is 11.5. The predicted molar refractivity (Wildman–Crippen MR) is 143 cm³/mol. The van der Waals surface area contributed by atoms with Crippen LogP contribution in [-0.2, 0) is 29.0 Å². The largest absolute Gasteiger partial charge is 0.444 e. The summed E-state index contributed by atoms with van der Waals surface area (Å²) < 4.78 is 11.7. The lowest BCUT2D eigenvalue weighted by Gasteiger charge is -2.47. The van der Waals surface area contributed by atoms with Crippen LogP contribution in [0.5, 0.6) is 0 Å². The highest BCUT2D eigenvalue weighted by Crippen LogP contribution is 2.48. The fourth-order valence-electron chi connectivity index (χ4n) is 5.79. The average molecular weight is 485 g/mol. The Morgan fingerprint density at radius 2 is 1.69 bits per heavy atom. The lowest BCUT2D eigenvalue weighted by atomic mass is 9.68. The average Bonchev–Trinajstić information content (AvgIpc) is 2.93. The van der Waals surface area contributed by atoms with Gasteiger partial charge in [0.05, 0.1) is 11.8 Å². The number of nitrogens with one attached hydrogen (secondary N) is 1. The molecule has 0 spiro atoms. The topological polar surface area (TPSA) is 50.8 Å². The summed E-state index contributed by atoms with van der Waals surface area (Å²) in [4.78, 5) is 14.0. The minimum Gasteiger partial charge on any atom is -0.444 e. The van der Waals surface area contributed by atoms with Crippen molar-refractivity contribution >= 4 is 11.8 Å². The van der Waals surface area contributed by atoms with Gasteiger partial charge >= 0.3 is 6.09 Å². The van der Waals surface area contributed by atoms with Crippen molar-refractivity contribution in [2.24, 2.45) is 5.41 Å². The number of fused-ring (bicyclic) bond motifs is 1. The van der Waals surface area contributed by atoms with E-state index in [-0.39, 0.29) is 17.6 Å². The Bertz CT molecular complexity index is 1140. The Kier molecular flexibility index (Phi) is 7.69. The number of hydrogen-bond acceptors (Lipinski definition) is 4. The van der Waals surface area contributed by atoms with E-state index in [4.69, 9.17) is 9.47 Å². The zero-order valence-corrected chi connectivity index (χ0v) is 21.1. The standard InChI is InChI=1S/C31H36N2O3/c1-2-35-29(26-11-7-4-8-12-26)31(16-15-24-9-5-3-6-10-24)17-19-33(20-18-31)22-25-13-14-28-27(21-25)23-36-30(34)32-28/h3-14,21,29H,2,15-20,22-23H2,1H3,(H,32,34). The number of benzene rings is 3. The van der Waals surface area contributed by atoms with E-state index in [1.807, 2.05) is 6.07 Å². The van der Waals surface area contributed by atoms with E-state index in [0.29, 0.717) is 13.2 Å². The zero-order valence-electron chi connectivity index (χ0n) is 21.1. The number of rotatable bonds is 9. The fraction of sp³-hybridized carbons (Fsp3) is 0.387. The first-order chi connectivity index (χ1) is 17.6. The second-order valence-corrected chi connectivity index (χ2v) is 10.1. The Morgan fingerprint density at radius 3 is 2.42 bits per heavy atom. The fourth-order valence-corrected chi connectivity index (χ4v) is 5.79. The first kappa shape index (κ1) is 24.5. The number of aryl methyl sites for hydroxylation is 1. The van der Waals surface area contributed by atoms with E-state index in [9.17, 15) is 4.79 Å². The number of piperidine rings is 1. The monoisotopic (exact) mass is 484 g/mol. The van der Waals surface area contributed by atoms with E-state index >= 15 is 0 Å². The second-order valence-electron chi connectivity index (χ2n) is 10.1. The van der Waals surface area contributed by atoms with Gasteiger partial charge in [0.25, 0.3) is 0 Å². The molecule has 0 bridgehead atoms. The van der Waals surface area contributed by atoms with Gasteiger partial charge in [0, 0.05) is 24.1 Å². The molecule has 1 saturated heterocycles. The van der Waals surface area contributed by atoms with Crippen LogP contribution in [0.1, 0.15) is 54.5 Å². The number of carbonyl (C=O) groups excluding carboxylic acids is 1. The summed E-state index contributed by atoms with van der Waals surface area (Å²) in [5, 5.41) is 2.78. The maximum Gasteiger partial charge on any atom is 0.411 e. The number of hydrogen-bond donors (Lipinski definition) is 1. The third-order valence-corrected chi connectivity index (χ3v) is 7.77. The molecule has 188 valence electrons. The SMILES string of the molecule is CCOC(c1ccccc1)C1(CCc2ccccc2)CCN(Cc2ccc3c(c2)COC(=O)N3)CC1. The van der Waals surface area contributed by atoms with Crippen LogP contribution in [-0.4, -0.2) is 30.7 Å². The van der Waals surface area contributed by atoms with Crippen molar-refractivity contribution in [3.8, 4) is 0 Å². The molecule has 0 aliphatic carbocycles. The molecular formula is C31H36N2O3. The van der Waals surface area contributed by atoms with Gasteiger partial charge in [-0.1, -0.05) is 66.7 Å². The lowest BCUT2D eigenvalue weighted by Crippen LogP contribution is -2.44. The van der Waals surface area contributed by atoms with Crippen LogP contribution in [0.15, 0.2) is 78.9 Å². The van der Waals surface area contributed by atoms with Crippen molar-refractivity contribution < 1.29 is 14.3 Å². The number of amides is 1. The molecule has 2 aliphatic heterocycles. The molecule has 3 aromatic rings. The number of nitrogens with zero attached hydrogens (tertiary/aromatic N) is 1. The smallest absolute Gasteiger partial charge is 0.411 e. The third-order valence-electron chi connectivity index (χ3n) is 7.77. The number of anilines is 1. The van der Waals surface area contributed by atoms with Crippen molar-refractivity contribution in [1.29, 1.82) is 0 Å². The van der Waals surface area contributed by atoms with Gasteiger partial charge in [-0.3, -0.25) is 10.2 Å². The minimum absolute atomic E-state index is 0.0949. The lowest BCUT2D eigenvalue weighted by molar-refractivity contribution is -0.0752. The number of ether oxygens (including phenoxy) is 2. The molecule has 1 N–H and O–H groups in total. The summed E-state index contributed by atoms with van der Waals surface area (Å²) in [7, 11) is 0. The summed E-state index contributed by atoms with van der Waals surface area (Å²) in [5.41, 5.74) is 5.94. The van der Waals surface area contributed by atoms with Gasteiger partial charge in [0.2, 0.25) is 0 Å². The Morgan fingerprint density at radius 1 is 0.972 bits per heavy atom. The van der Waals surface area contributed by atoms with Gasteiger partial charge in [-0.2, -0.15) is 0 Å². The molecule has 0 aromatic heterocycles. The van der Waals surface area contributed by atoms with Crippen molar-refractivity contribution in [2.45, 2.75) is 51.9 Å². The van der Waals surface area contributed by atoms with E-state index in [0.717, 1.165) is 56.6 Å². The van der Waals surface area contributed by atoms with Gasteiger partial charge in [-0.25, -0.2) is 4.79 Å². The molecule has 1 unspecified atom stereocenters. The molecule has 5 rings (SSSR count). The quantitative estimate of drug-likeness (QED) is 0.365. The van der Waals surface area contributed by atoms with Crippen molar-refractivity contribution in [1.82, 2.24) is 4.90 Å². The molecule has 0 saturated carbocycles. The third kappa shape index (κ3) is 5.63. The Hall–Kier alpha value is -3.15. The maximum absolute atomic E-state index is 11.5. The zero-order chi connectivity index (χ0) is 24.8. The van der Waals surface area contributed by atoms with Gasteiger partial charge in [-0.15, -0.1) is 0 Å². The highest BCUT2D eigenvalue weighted by Gasteiger charge is 2.42. The van der Waals surface area contributed by atoms with Crippen molar-refractivity contribution in [3.05, 3.63) is 101 Å². The Labute approximate surface area is 214 Å². The molecule has 2 aliphatic rings. The van der Waals surface area contributed by atoms with Crippen molar-refractivity contribution in [3.63, 3.8) is 0 Å². The summed E-state index contributed by atoms with van der Waals surface area (Å²) in [6.07, 6.45) is 4.10. The molecule has 0 radical (unpaired) electrons. The molecule has 1 atom stereocenters. The normalized spacial score (nSPS) is 18.1. The molecule has 1 amide bonds. The molecular weight excluding hydrogens is 448 g/mol. The molecule has 36 heavy (non-hydrogen) atoms.